The zero-order valence-corrected chi connectivity index (χ0v) is 14.4. The third-order valence-electron chi connectivity index (χ3n) is 3.32. The number of aryl methyl sites for hydroxylation is 1. The van der Waals surface area contributed by atoms with E-state index in [1.165, 1.54) is 12.1 Å². The van der Waals surface area contributed by atoms with Crippen molar-refractivity contribution >= 4 is 28.9 Å². The minimum atomic E-state index is -0.489. The molecule has 0 aromatic heterocycles. The van der Waals surface area contributed by atoms with Crippen LogP contribution >= 0.6 is 11.6 Å². The van der Waals surface area contributed by atoms with Crippen LogP contribution in [0.1, 0.15) is 18.1 Å². The van der Waals surface area contributed by atoms with E-state index in [0.717, 1.165) is 5.56 Å². The number of hydrogen-bond acceptors (Lipinski definition) is 5. The second kappa shape index (κ2) is 8.25. The number of hydrazone groups is 1. The molecule has 1 amide bonds. The van der Waals surface area contributed by atoms with Crippen LogP contribution < -0.4 is 10.2 Å². The second-order valence-electron chi connectivity index (χ2n) is 5.24. The van der Waals surface area contributed by atoms with Crippen molar-refractivity contribution in [2.45, 2.75) is 13.8 Å². The summed E-state index contributed by atoms with van der Waals surface area (Å²) in [5.41, 5.74) is 4.15. The molecule has 2 aromatic rings. The van der Waals surface area contributed by atoms with E-state index in [-0.39, 0.29) is 12.3 Å². The number of non-ortho nitro benzene ring substituents is 1. The van der Waals surface area contributed by atoms with E-state index in [1.807, 2.05) is 6.92 Å². The molecule has 0 aliphatic rings. The van der Waals surface area contributed by atoms with E-state index in [0.29, 0.717) is 22.0 Å². The number of carbonyl (C=O) groups is 1. The number of ether oxygens (including phenoxy) is 1. The quantitative estimate of drug-likeness (QED) is 0.484. The molecule has 0 bridgehead atoms. The second-order valence-corrected chi connectivity index (χ2v) is 5.65. The van der Waals surface area contributed by atoms with Gasteiger partial charge in [0.05, 0.1) is 10.6 Å². The summed E-state index contributed by atoms with van der Waals surface area (Å²) in [4.78, 5) is 22.1. The molecule has 130 valence electrons. The highest BCUT2D eigenvalue weighted by Gasteiger charge is 2.08. The number of hydrogen-bond donors (Lipinski definition) is 1. The van der Waals surface area contributed by atoms with Crippen molar-refractivity contribution in [2.24, 2.45) is 5.10 Å². The first kappa shape index (κ1) is 18.4. The predicted molar refractivity (Wildman–Crippen MR) is 95.1 cm³/mol. The van der Waals surface area contributed by atoms with Gasteiger partial charge in [0.1, 0.15) is 5.75 Å². The van der Waals surface area contributed by atoms with Crippen LogP contribution in [-0.2, 0) is 4.79 Å². The Morgan fingerprint density at radius 2 is 2.08 bits per heavy atom. The van der Waals surface area contributed by atoms with Gasteiger partial charge in [0.25, 0.3) is 11.6 Å². The third kappa shape index (κ3) is 5.29. The van der Waals surface area contributed by atoms with E-state index in [4.69, 9.17) is 16.3 Å². The first-order valence-corrected chi connectivity index (χ1v) is 7.71. The topological polar surface area (TPSA) is 93.8 Å². The van der Waals surface area contributed by atoms with Crippen LogP contribution in [0.2, 0.25) is 5.02 Å². The molecule has 2 aromatic carbocycles. The molecular weight excluding hydrogens is 346 g/mol. The number of halogens is 1. The van der Waals surface area contributed by atoms with Crippen molar-refractivity contribution < 1.29 is 14.5 Å². The summed E-state index contributed by atoms with van der Waals surface area (Å²) >= 11 is 5.92. The Bertz CT molecular complexity index is 836. The Labute approximate surface area is 149 Å². The van der Waals surface area contributed by atoms with Crippen molar-refractivity contribution in [1.29, 1.82) is 0 Å². The molecule has 1 N–H and O–H groups in total. The zero-order chi connectivity index (χ0) is 18.4. The molecule has 0 saturated carbocycles. The maximum atomic E-state index is 11.8. The summed E-state index contributed by atoms with van der Waals surface area (Å²) in [6.45, 7) is 3.26. The molecule has 0 atom stereocenters. The Balaban J connectivity index is 1.93. The van der Waals surface area contributed by atoms with Crippen LogP contribution in [0.25, 0.3) is 0 Å². The molecule has 0 radical (unpaired) electrons. The van der Waals surface area contributed by atoms with E-state index in [1.54, 1.807) is 37.3 Å². The Morgan fingerprint density at radius 3 is 2.76 bits per heavy atom. The van der Waals surface area contributed by atoms with E-state index >= 15 is 0 Å². The SMILES string of the molecule is C/C(=N/NC(=O)COc1ccc(Cl)c(C)c1)c1cccc([N+](=O)[O-])c1. The first-order chi connectivity index (χ1) is 11.9. The highest BCUT2D eigenvalue weighted by atomic mass is 35.5. The molecule has 0 aliphatic heterocycles. The fourth-order valence-electron chi connectivity index (χ4n) is 1.94. The van der Waals surface area contributed by atoms with Crippen molar-refractivity contribution in [2.75, 3.05) is 6.61 Å². The van der Waals surface area contributed by atoms with Crippen molar-refractivity contribution in [3.63, 3.8) is 0 Å². The number of nitro groups is 1. The molecule has 0 spiro atoms. The number of nitrogens with zero attached hydrogens (tertiary/aromatic N) is 2. The molecule has 2 rings (SSSR count). The molecule has 0 unspecified atom stereocenters. The lowest BCUT2D eigenvalue weighted by Gasteiger charge is -2.07. The van der Waals surface area contributed by atoms with Crippen LogP contribution in [0.5, 0.6) is 5.75 Å². The van der Waals surface area contributed by atoms with Crippen molar-refractivity contribution in [3.8, 4) is 5.75 Å². The number of nitro benzene ring substituents is 1. The van der Waals surface area contributed by atoms with Crippen LogP contribution in [0.4, 0.5) is 5.69 Å². The molecule has 8 heteroatoms. The Kier molecular flexibility index (Phi) is 6.08. The molecule has 7 nitrogen and oxygen atoms in total. The lowest BCUT2D eigenvalue weighted by atomic mass is 10.1. The number of rotatable bonds is 6. The predicted octanol–water partition coefficient (Wildman–Crippen LogP) is 3.48. The third-order valence-corrected chi connectivity index (χ3v) is 3.75. The van der Waals surface area contributed by atoms with Crippen LogP contribution in [0, 0.1) is 17.0 Å². The molecular formula is C17H16ClN3O4. The largest absolute Gasteiger partial charge is 0.484 e. The fraction of sp³-hybridized carbons (Fsp3) is 0.176. The number of amides is 1. The monoisotopic (exact) mass is 361 g/mol. The summed E-state index contributed by atoms with van der Waals surface area (Å²) < 4.78 is 5.36. The average Bonchev–Trinajstić information content (AvgIpc) is 2.60. The van der Waals surface area contributed by atoms with Crippen molar-refractivity contribution in [3.05, 3.63) is 68.7 Å². The van der Waals surface area contributed by atoms with Crippen LogP contribution in [-0.4, -0.2) is 23.1 Å². The normalized spacial score (nSPS) is 11.1. The standard InChI is InChI=1S/C17H16ClN3O4/c1-11-8-15(6-7-16(11)18)25-10-17(22)20-19-12(2)13-4-3-5-14(9-13)21(23)24/h3-9H,10H2,1-2H3,(H,20,22)/b19-12-. The smallest absolute Gasteiger partial charge is 0.277 e. The molecule has 0 aliphatic carbocycles. The van der Waals surface area contributed by atoms with Gasteiger partial charge in [-0.2, -0.15) is 5.10 Å². The van der Waals surface area contributed by atoms with Crippen molar-refractivity contribution in [1.82, 2.24) is 5.43 Å². The Hall–Kier alpha value is -2.93. The van der Waals surface area contributed by atoms with Gasteiger partial charge in [-0.3, -0.25) is 14.9 Å². The zero-order valence-electron chi connectivity index (χ0n) is 13.7. The van der Waals surface area contributed by atoms with Crippen LogP contribution in [0.3, 0.4) is 0 Å². The average molecular weight is 362 g/mol. The van der Waals surface area contributed by atoms with Gasteiger partial charge in [-0.15, -0.1) is 0 Å². The number of benzene rings is 2. The maximum Gasteiger partial charge on any atom is 0.277 e. The summed E-state index contributed by atoms with van der Waals surface area (Å²) in [5, 5.41) is 15.3. The van der Waals surface area contributed by atoms with E-state index in [9.17, 15) is 14.9 Å². The van der Waals surface area contributed by atoms with Gasteiger partial charge >= 0.3 is 0 Å². The molecule has 0 fully saturated rings. The van der Waals surface area contributed by atoms with Gasteiger partial charge in [-0.05, 0) is 37.6 Å². The van der Waals surface area contributed by atoms with Gasteiger partial charge < -0.3 is 4.74 Å². The Morgan fingerprint density at radius 1 is 1.32 bits per heavy atom. The van der Waals surface area contributed by atoms with E-state index < -0.39 is 10.8 Å². The van der Waals surface area contributed by atoms with E-state index in [2.05, 4.69) is 10.5 Å². The summed E-state index contributed by atoms with van der Waals surface area (Å²) in [7, 11) is 0. The van der Waals surface area contributed by atoms with Gasteiger partial charge in [-0.25, -0.2) is 5.43 Å². The maximum absolute atomic E-state index is 11.8. The van der Waals surface area contributed by atoms with Gasteiger partial charge in [0, 0.05) is 22.7 Å². The van der Waals surface area contributed by atoms with Crippen LogP contribution in [0.15, 0.2) is 47.6 Å². The lowest BCUT2D eigenvalue weighted by molar-refractivity contribution is -0.384. The minimum Gasteiger partial charge on any atom is -0.484 e. The molecule has 0 heterocycles. The highest BCUT2D eigenvalue weighted by molar-refractivity contribution is 6.31. The number of nitrogens with one attached hydrogen (secondary N) is 1. The first-order valence-electron chi connectivity index (χ1n) is 7.33. The molecule has 0 saturated heterocycles. The summed E-state index contributed by atoms with van der Waals surface area (Å²) in [5.74, 6) is 0.0776. The summed E-state index contributed by atoms with van der Waals surface area (Å²) in [6, 6.07) is 11.1. The van der Waals surface area contributed by atoms with Gasteiger partial charge in [0.2, 0.25) is 0 Å². The molecule has 25 heavy (non-hydrogen) atoms. The lowest BCUT2D eigenvalue weighted by Crippen LogP contribution is -2.25. The summed E-state index contributed by atoms with van der Waals surface area (Å²) in [6.07, 6.45) is 0. The van der Waals surface area contributed by atoms with Gasteiger partial charge in [0.15, 0.2) is 6.61 Å². The van der Waals surface area contributed by atoms with Gasteiger partial charge in [-0.1, -0.05) is 23.7 Å². The number of carbonyl (C=O) groups excluding carboxylic acids is 1. The fourth-order valence-corrected chi connectivity index (χ4v) is 2.06. The highest BCUT2D eigenvalue weighted by Crippen LogP contribution is 2.20. The minimum absolute atomic E-state index is 0.0418.